The van der Waals surface area contributed by atoms with Crippen molar-refractivity contribution >= 4 is 40.1 Å². The molecule has 0 aliphatic heterocycles. The first-order chi connectivity index (χ1) is 16.1. The van der Waals surface area contributed by atoms with Gasteiger partial charge in [-0.2, -0.15) is 0 Å². The molecule has 2 aromatic carbocycles. The average molecular weight is 438 g/mol. The Balaban J connectivity index is 1.43. The Kier molecular flexibility index (Phi) is 5.48. The maximum absolute atomic E-state index is 13.2. The number of hydrogen-bond donors (Lipinski definition) is 1. The predicted molar refractivity (Wildman–Crippen MR) is 127 cm³/mol. The Morgan fingerprint density at radius 1 is 1.06 bits per heavy atom. The van der Waals surface area contributed by atoms with Crippen LogP contribution in [0.4, 0.5) is 5.69 Å². The standard InChI is InChI=1S/C27H22N2O4/c1-17-7-2-4-10-22(17)28-24(30)16-33-27(31)25-20-9-3-5-11-23(20)29-26-18(12-13-21(25)26)15-19-8-6-14-32-19/h2-11,14-15H,12-13,16H2,1H3,(H,28,30)/b18-15-. The third-order valence-electron chi connectivity index (χ3n) is 5.76. The summed E-state index contributed by atoms with van der Waals surface area (Å²) >= 11 is 0. The van der Waals surface area contributed by atoms with E-state index in [0.29, 0.717) is 23.2 Å². The van der Waals surface area contributed by atoms with Gasteiger partial charge in [-0.05, 0) is 66.8 Å². The molecule has 164 valence electrons. The zero-order chi connectivity index (χ0) is 22.8. The van der Waals surface area contributed by atoms with Gasteiger partial charge in [0.1, 0.15) is 5.76 Å². The molecule has 0 atom stereocenters. The molecular weight excluding hydrogens is 416 g/mol. The summed E-state index contributed by atoms with van der Waals surface area (Å²) in [5.74, 6) is -0.167. The van der Waals surface area contributed by atoms with E-state index in [0.717, 1.165) is 40.0 Å². The van der Waals surface area contributed by atoms with Crippen LogP contribution >= 0.6 is 0 Å². The number of esters is 1. The second-order valence-corrected chi connectivity index (χ2v) is 7.96. The molecule has 0 unspecified atom stereocenters. The fourth-order valence-electron chi connectivity index (χ4n) is 4.16. The highest BCUT2D eigenvalue weighted by Gasteiger charge is 2.28. The van der Waals surface area contributed by atoms with E-state index in [1.54, 1.807) is 6.26 Å². The molecule has 0 fully saturated rings. The molecule has 2 aromatic heterocycles. The van der Waals surface area contributed by atoms with Crippen LogP contribution in [0.1, 0.15) is 39.4 Å². The summed E-state index contributed by atoms with van der Waals surface area (Å²) in [5, 5.41) is 3.51. The van der Waals surface area contributed by atoms with E-state index in [1.165, 1.54) is 0 Å². The van der Waals surface area contributed by atoms with Gasteiger partial charge in [-0.1, -0.05) is 36.4 Å². The van der Waals surface area contributed by atoms with Gasteiger partial charge in [-0.3, -0.25) is 4.79 Å². The second-order valence-electron chi connectivity index (χ2n) is 7.96. The first-order valence-electron chi connectivity index (χ1n) is 10.8. The summed E-state index contributed by atoms with van der Waals surface area (Å²) < 4.78 is 10.9. The van der Waals surface area contributed by atoms with Crippen LogP contribution < -0.4 is 5.32 Å². The minimum atomic E-state index is -0.524. The van der Waals surface area contributed by atoms with Gasteiger partial charge in [-0.15, -0.1) is 0 Å². The number of aryl methyl sites for hydroxylation is 1. The molecule has 6 nitrogen and oxygen atoms in total. The van der Waals surface area contributed by atoms with Gasteiger partial charge in [0.2, 0.25) is 0 Å². The largest absolute Gasteiger partial charge is 0.465 e. The first-order valence-corrected chi connectivity index (χ1v) is 10.8. The number of rotatable bonds is 5. The molecule has 1 N–H and O–H groups in total. The van der Waals surface area contributed by atoms with E-state index < -0.39 is 5.97 Å². The van der Waals surface area contributed by atoms with Crippen LogP contribution in [0, 0.1) is 6.92 Å². The van der Waals surface area contributed by atoms with Gasteiger partial charge in [0.05, 0.1) is 23.0 Å². The minimum Gasteiger partial charge on any atom is -0.465 e. The Hall–Kier alpha value is -4.19. The molecule has 0 saturated carbocycles. The van der Waals surface area contributed by atoms with Crippen molar-refractivity contribution in [2.45, 2.75) is 19.8 Å². The fourth-order valence-corrected chi connectivity index (χ4v) is 4.16. The molecule has 0 saturated heterocycles. The number of fused-ring (bicyclic) bond motifs is 2. The molecule has 6 heteroatoms. The number of benzene rings is 2. The molecule has 5 rings (SSSR count). The highest BCUT2D eigenvalue weighted by Crippen LogP contribution is 2.37. The van der Waals surface area contributed by atoms with Crippen molar-refractivity contribution in [1.82, 2.24) is 4.98 Å². The van der Waals surface area contributed by atoms with Crippen molar-refractivity contribution < 1.29 is 18.7 Å². The number of allylic oxidation sites excluding steroid dienone is 1. The third-order valence-corrected chi connectivity index (χ3v) is 5.76. The Morgan fingerprint density at radius 3 is 2.70 bits per heavy atom. The molecular formula is C27H22N2O4. The fraction of sp³-hybridized carbons (Fsp3) is 0.148. The predicted octanol–water partition coefficient (Wildman–Crippen LogP) is 5.42. The van der Waals surface area contributed by atoms with E-state index in [2.05, 4.69) is 5.32 Å². The van der Waals surface area contributed by atoms with E-state index >= 15 is 0 Å². The normalized spacial score (nSPS) is 13.8. The summed E-state index contributed by atoms with van der Waals surface area (Å²) in [6.07, 6.45) is 4.99. The average Bonchev–Trinajstić information content (AvgIpc) is 3.48. The lowest BCUT2D eigenvalue weighted by Crippen LogP contribution is -2.22. The number of hydrogen-bond acceptors (Lipinski definition) is 5. The Bertz CT molecular complexity index is 1390. The van der Waals surface area contributed by atoms with Gasteiger partial charge < -0.3 is 14.5 Å². The summed E-state index contributed by atoms with van der Waals surface area (Å²) in [4.78, 5) is 30.4. The zero-order valence-corrected chi connectivity index (χ0v) is 18.1. The van der Waals surface area contributed by atoms with Crippen molar-refractivity contribution in [3.63, 3.8) is 0 Å². The van der Waals surface area contributed by atoms with Crippen molar-refractivity contribution in [3.8, 4) is 0 Å². The van der Waals surface area contributed by atoms with Crippen LogP contribution in [0.3, 0.4) is 0 Å². The first kappa shape index (κ1) is 20.7. The van der Waals surface area contributed by atoms with Crippen LogP contribution in [0.15, 0.2) is 71.3 Å². The second kappa shape index (κ2) is 8.74. The Labute approximate surface area is 190 Å². The van der Waals surface area contributed by atoms with E-state index in [1.807, 2.05) is 73.7 Å². The van der Waals surface area contributed by atoms with Crippen molar-refractivity contribution in [3.05, 3.63) is 95.1 Å². The van der Waals surface area contributed by atoms with Crippen molar-refractivity contribution in [1.29, 1.82) is 0 Å². The summed E-state index contributed by atoms with van der Waals surface area (Å²) in [6, 6.07) is 18.7. The molecule has 0 spiro atoms. The topological polar surface area (TPSA) is 81.4 Å². The number of carbonyl (C=O) groups is 2. The van der Waals surface area contributed by atoms with Gasteiger partial charge in [0.25, 0.3) is 5.91 Å². The number of carbonyl (C=O) groups excluding carboxylic acids is 2. The van der Waals surface area contributed by atoms with Crippen molar-refractivity contribution in [2.24, 2.45) is 0 Å². The molecule has 33 heavy (non-hydrogen) atoms. The van der Waals surface area contributed by atoms with Gasteiger partial charge in [0, 0.05) is 11.1 Å². The number of para-hydroxylation sites is 2. The lowest BCUT2D eigenvalue weighted by atomic mass is 10.0. The van der Waals surface area contributed by atoms with Crippen LogP contribution in [0.5, 0.6) is 0 Å². The number of amides is 1. The Morgan fingerprint density at radius 2 is 1.88 bits per heavy atom. The van der Waals surface area contributed by atoms with E-state index in [4.69, 9.17) is 14.1 Å². The maximum Gasteiger partial charge on any atom is 0.339 e. The quantitative estimate of drug-likeness (QED) is 0.421. The summed E-state index contributed by atoms with van der Waals surface area (Å²) in [6.45, 7) is 1.54. The van der Waals surface area contributed by atoms with Crippen molar-refractivity contribution in [2.75, 3.05) is 11.9 Å². The van der Waals surface area contributed by atoms with E-state index in [-0.39, 0.29) is 12.5 Å². The highest BCUT2D eigenvalue weighted by atomic mass is 16.5. The number of anilines is 1. The lowest BCUT2D eigenvalue weighted by molar-refractivity contribution is -0.119. The molecule has 2 heterocycles. The molecule has 0 radical (unpaired) electrons. The van der Waals surface area contributed by atoms with Crippen LogP contribution in [-0.2, 0) is 16.0 Å². The summed E-state index contributed by atoms with van der Waals surface area (Å²) in [7, 11) is 0. The van der Waals surface area contributed by atoms with Crippen LogP contribution in [0.25, 0.3) is 22.6 Å². The molecule has 1 amide bonds. The third kappa shape index (κ3) is 4.15. The molecule has 1 aliphatic rings. The minimum absolute atomic E-state index is 0.367. The number of pyridine rings is 1. The summed E-state index contributed by atoms with van der Waals surface area (Å²) in [5.41, 5.74) is 5.45. The monoisotopic (exact) mass is 438 g/mol. The van der Waals surface area contributed by atoms with Gasteiger partial charge in [-0.25, -0.2) is 9.78 Å². The van der Waals surface area contributed by atoms with E-state index in [9.17, 15) is 9.59 Å². The van der Waals surface area contributed by atoms with Gasteiger partial charge >= 0.3 is 5.97 Å². The number of nitrogens with one attached hydrogen (secondary N) is 1. The highest BCUT2D eigenvalue weighted by molar-refractivity contribution is 6.08. The number of aromatic nitrogens is 1. The SMILES string of the molecule is Cc1ccccc1NC(=O)COC(=O)c1c2c(nc3ccccc13)/C(=C\c1ccco1)CC2. The molecule has 1 aliphatic carbocycles. The molecule has 0 bridgehead atoms. The lowest BCUT2D eigenvalue weighted by Gasteiger charge is -2.13. The van der Waals surface area contributed by atoms with Crippen LogP contribution in [-0.4, -0.2) is 23.5 Å². The smallest absolute Gasteiger partial charge is 0.339 e. The van der Waals surface area contributed by atoms with Crippen LogP contribution in [0.2, 0.25) is 0 Å². The zero-order valence-electron chi connectivity index (χ0n) is 18.1. The number of ether oxygens (including phenoxy) is 1. The molecule has 4 aromatic rings. The number of furan rings is 1. The number of nitrogens with zero attached hydrogens (tertiary/aromatic N) is 1. The van der Waals surface area contributed by atoms with Gasteiger partial charge in [0.15, 0.2) is 6.61 Å². The maximum atomic E-state index is 13.2.